The highest BCUT2D eigenvalue weighted by molar-refractivity contribution is 5.84. The van der Waals surface area contributed by atoms with E-state index in [1.165, 1.54) is 0 Å². The number of aliphatic carboxylic acids is 3. The number of pyridine rings is 5. The topological polar surface area (TPSA) is 553 Å². The van der Waals surface area contributed by atoms with Crippen LogP contribution in [0.25, 0.3) is 0 Å². The minimum Gasteiger partial charge on any atom is -0.480 e. The van der Waals surface area contributed by atoms with Crippen molar-refractivity contribution in [3.8, 4) is 0 Å². The van der Waals surface area contributed by atoms with Crippen molar-refractivity contribution in [2.75, 3.05) is 46.3 Å². The molecular weight excluding hydrogens is 1770 g/mol. The van der Waals surface area contributed by atoms with E-state index in [1.54, 1.807) is 6.20 Å². The van der Waals surface area contributed by atoms with Crippen molar-refractivity contribution in [2.45, 2.75) is 336 Å². The highest BCUT2D eigenvalue weighted by Crippen LogP contribution is 2.18. The van der Waals surface area contributed by atoms with E-state index in [2.05, 4.69) is 89.0 Å². The maximum atomic E-state index is 12.3. The Morgan fingerprint density at radius 1 is 0.336 bits per heavy atom. The van der Waals surface area contributed by atoms with Gasteiger partial charge in [0.05, 0.1) is 28.5 Å². The number of carboxylic acids is 3. The molecule has 0 saturated carbocycles. The van der Waals surface area contributed by atoms with E-state index < -0.39 is 60.4 Å². The van der Waals surface area contributed by atoms with Crippen LogP contribution in [0, 0.1) is 0 Å². The van der Waals surface area contributed by atoms with Crippen LogP contribution in [0.15, 0.2) is 122 Å². The summed E-state index contributed by atoms with van der Waals surface area (Å²) in [6.45, 7) is 14.1. The van der Waals surface area contributed by atoms with Gasteiger partial charge < -0.3 is 62.2 Å². The molecule has 5 aromatic rings. The average Bonchev–Trinajstić information content (AvgIpc) is 0.897. The third-order valence-electron chi connectivity index (χ3n) is 20.7. The van der Waals surface area contributed by atoms with Crippen LogP contribution in [0.3, 0.4) is 0 Å². The molecule has 760 valence electrons. The number of ketones is 3. The van der Waals surface area contributed by atoms with E-state index in [1.807, 2.05) is 131 Å². The Bertz CT molecular complexity index is 3960. The van der Waals surface area contributed by atoms with Crippen LogP contribution in [0.1, 0.15) is 307 Å². The van der Waals surface area contributed by atoms with Gasteiger partial charge in [0.1, 0.15) is 35.5 Å². The molecule has 5 rings (SSSR count). The van der Waals surface area contributed by atoms with Crippen molar-refractivity contribution in [3.63, 3.8) is 0 Å². The van der Waals surface area contributed by atoms with Gasteiger partial charge in [0.15, 0.2) is 6.23 Å². The normalized spacial score (nSPS) is 11.0. The van der Waals surface area contributed by atoms with Gasteiger partial charge in [-0.25, -0.2) is 28.8 Å². The third-order valence-corrected chi connectivity index (χ3v) is 20.7. The lowest BCUT2D eigenvalue weighted by Crippen LogP contribution is -2.46. The van der Waals surface area contributed by atoms with Gasteiger partial charge >= 0.3 is 60.6 Å². The van der Waals surface area contributed by atoms with Gasteiger partial charge in [-0.2, -0.15) is 38.4 Å². The summed E-state index contributed by atoms with van der Waals surface area (Å²) < 4.78 is 5.07. The zero-order valence-electron chi connectivity index (χ0n) is 79.9. The number of carbonyl (C=O) groups is 11. The van der Waals surface area contributed by atoms with E-state index in [0.29, 0.717) is 134 Å². The van der Waals surface area contributed by atoms with Gasteiger partial charge in [-0.3, -0.25) is 58.7 Å². The third kappa shape index (κ3) is 80.3. The van der Waals surface area contributed by atoms with Gasteiger partial charge in [-0.15, -0.1) is 0 Å². The van der Waals surface area contributed by atoms with Crippen molar-refractivity contribution in [1.29, 1.82) is 0 Å². The Kier molecular flexibility index (Phi) is 86.6. The van der Waals surface area contributed by atoms with Crippen LogP contribution in [0.5, 0.6) is 0 Å². The van der Waals surface area contributed by atoms with Crippen LogP contribution >= 0.6 is 0 Å². The summed E-state index contributed by atoms with van der Waals surface area (Å²) in [4.78, 5) is 223. The minimum absolute atomic E-state index is 0. The standard InChI is InChI=1S/C33H55N5O7.C32H49N5O4.C29H43N5O4.4CO2.CH4/c1-3-16-29(32(42)43)36-33(44)35-23-13-7-6-9-19-28(40)18-8-4-5-10-20-30(41)37-31(45-26-39)21-12-15-24-38(2)25-27-17-11-14-22-34-27;1-2-16-30(31(39)40)36-32(41)35-23-12-6-5-9-20-29(38)19-8-4-3-7-15-24-37(25-27-17-10-13-21-33-27)26-28-18-11-14-22-34-28;1-2-13-27(28(36)37)33-29(38)32-20-9-4-3-5-16-26(35)17-8-12-21-34(22-24-14-6-10-18-30-24)23-25-15-7-11-19-31-25;4*2-1-3;/h11,14,17,22,26,29,31H,3-10,12-13,15-16,18-21,23-25H2,1-2H3,(H,37,41)(H,42,43)(H2,35,36,44);10-11,13-14,17-18,21-22,30H,2-9,12,15-16,19-20,23-26H2,1H3,(H,39,40)(H2,35,36,41);6-7,10-11,14-15,18-19,27H,2-5,8-9,12-13,16-17,20-23H2,1H3,(H,36,37)(H2,32,33,38);;;;;1H4. The molecule has 7 amide bonds. The number of carboxylic acid groups (broad SMARTS) is 3. The van der Waals surface area contributed by atoms with Crippen molar-refractivity contribution in [1.82, 2.24) is 76.8 Å². The highest BCUT2D eigenvalue weighted by atomic mass is 16.5. The van der Waals surface area contributed by atoms with Gasteiger partial charge in [-0.05, 0) is 196 Å². The molecule has 4 unspecified atom stereocenters. The zero-order valence-corrected chi connectivity index (χ0v) is 79.9. The second kappa shape index (κ2) is 92.4. The maximum absolute atomic E-state index is 12.3. The molecule has 0 aliphatic carbocycles. The molecular formula is C99H151N15O23. The van der Waals surface area contributed by atoms with Crippen LogP contribution in [-0.2, 0) is 114 Å². The van der Waals surface area contributed by atoms with Crippen LogP contribution in [0.4, 0.5) is 14.4 Å². The summed E-state index contributed by atoms with van der Waals surface area (Å²) >= 11 is 0. The fraction of sp³-hybridized carbons (Fsp3) is 0.596. The van der Waals surface area contributed by atoms with Crippen molar-refractivity contribution in [3.05, 3.63) is 150 Å². The first-order chi connectivity index (χ1) is 65.8. The van der Waals surface area contributed by atoms with E-state index in [0.717, 1.165) is 235 Å². The van der Waals surface area contributed by atoms with Crippen LogP contribution in [-0.4, -0.2) is 216 Å². The number of nitrogens with zero attached hydrogens (tertiary/aromatic N) is 8. The van der Waals surface area contributed by atoms with Crippen molar-refractivity contribution < 1.29 is 111 Å². The first kappa shape index (κ1) is 128. The molecule has 10 N–H and O–H groups in total. The van der Waals surface area contributed by atoms with E-state index in [4.69, 9.17) is 58.4 Å². The number of carbonyl (C=O) groups excluding carboxylic acids is 16. The lowest BCUT2D eigenvalue weighted by molar-refractivity contribution is -0.193. The first-order valence-electron chi connectivity index (χ1n) is 47.2. The number of nitrogens with one attached hydrogen (secondary N) is 7. The molecule has 137 heavy (non-hydrogen) atoms. The number of hydrogen-bond donors (Lipinski definition) is 10. The molecule has 38 heteroatoms. The quantitative estimate of drug-likeness (QED) is 0.00982. The number of urea groups is 3. The van der Waals surface area contributed by atoms with Crippen molar-refractivity contribution >= 4 is 90.3 Å². The lowest BCUT2D eigenvalue weighted by atomic mass is 10.0. The molecule has 0 spiro atoms. The SMILES string of the molecule is C.CCCC(NC(=O)NCCCCCCC(=O)CCCCCCC(=O)NC(CCCCN(C)Cc1ccccn1)OC=O)C(=O)O.CCCC(NC(=O)NCCCCCCC(=O)CCCCCCCN(Cc1ccccn1)Cc1ccccn1)C(=O)O.CCCC(NC(=O)NCCCCCCC(=O)CCCCN(Cc1ccccn1)Cc1ccccn1)C(=O)O.O=C=O.O=C=O.O=C=O.O=C=O. The van der Waals surface area contributed by atoms with E-state index in [9.17, 15) is 52.7 Å². The second-order valence-electron chi connectivity index (χ2n) is 32.1. The fourth-order valence-electron chi connectivity index (χ4n) is 13.8. The number of ether oxygens (including phenoxy) is 1. The molecule has 0 fully saturated rings. The van der Waals surface area contributed by atoms with Gasteiger partial charge in [0.2, 0.25) is 5.91 Å². The molecule has 5 heterocycles. The number of rotatable bonds is 71. The van der Waals surface area contributed by atoms with Gasteiger partial charge in [0.25, 0.3) is 6.47 Å². The highest BCUT2D eigenvalue weighted by Gasteiger charge is 2.22. The number of Topliss-reactive ketones (excluding diaryl/α,β-unsaturated/α-hetero) is 3. The molecule has 0 aliphatic heterocycles. The average molecular weight is 1920 g/mol. The fourth-order valence-corrected chi connectivity index (χ4v) is 13.8. The number of aromatic nitrogens is 5. The smallest absolute Gasteiger partial charge is 0.373 e. The molecule has 0 aromatic carbocycles. The number of hydrogen-bond acceptors (Lipinski definition) is 28. The van der Waals surface area contributed by atoms with E-state index >= 15 is 0 Å². The first-order valence-corrected chi connectivity index (χ1v) is 47.2. The number of unbranched alkanes of at least 4 members (excludes halogenated alkanes) is 18. The Morgan fingerprint density at radius 3 is 0.854 bits per heavy atom. The Balaban J connectivity index is -0.00000185. The second-order valence-corrected chi connectivity index (χ2v) is 32.1. The predicted octanol–water partition coefficient (Wildman–Crippen LogP) is 13.6. The molecule has 38 nitrogen and oxygen atoms in total. The summed E-state index contributed by atoms with van der Waals surface area (Å²) in [5.74, 6) is -2.30. The molecule has 0 aliphatic rings. The molecule has 0 radical (unpaired) electrons. The summed E-state index contributed by atoms with van der Waals surface area (Å²) in [6.07, 6.45) is 39.9. The molecule has 5 aromatic heterocycles. The molecule has 0 saturated heterocycles. The maximum Gasteiger partial charge on any atom is 0.373 e. The number of amides is 7. The predicted molar refractivity (Wildman–Crippen MR) is 508 cm³/mol. The minimum atomic E-state index is -1.03. The Hall–Kier alpha value is -12.7. The summed E-state index contributed by atoms with van der Waals surface area (Å²) in [5.41, 5.74) is 5.20. The zero-order chi connectivity index (χ0) is 101. The summed E-state index contributed by atoms with van der Waals surface area (Å²) in [6, 6.07) is 25.9. The molecule has 4 atom stereocenters. The van der Waals surface area contributed by atoms with Gasteiger partial charge in [-0.1, -0.05) is 148 Å². The van der Waals surface area contributed by atoms with Crippen LogP contribution < -0.4 is 37.2 Å². The van der Waals surface area contributed by atoms with Crippen molar-refractivity contribution in [2.24, 2.45) is 0 Å². The van der Waals surface area contributed by atoms with Crippen LogP contribution in [0.2, 0.25) is 0 Å². The Labute approximate surface area is 806 Å². The van der Waals surface area contributed by atoms with Gasteiger partial charge in [0, 0.05) is 135 Å². The molecule has 0 bridgehead atoms. The Morgan fingerprint density at radius 2 is 0.584 bits per heavy atom. The monoisotopic (exact) mass is 1920 g/mol. The largest absolute Gasteiger partial charge is 0.480 e. The summed E-state index contributed by atoms with van der Waals surface area (Å²) in [5, 5.41) is 45.6. The summed E-state index contributed by atoms with van der Waals surface area (Å²) in [7, 11) is 2.04. The van der Waals surface area contributed by atoms with E-state index in [-0.39, 0.29) is 43.7 Å². The lowest BCUT2D eigenvalue weighted by Gasteiger charge is -2.21.